The molecule has 0 aliphatic rings. The number of aryl methyl sites for hydroxylation is 1. The molecule has 0 saturated heterocycles. The second kappa shape index (κ2) is 12.9. The molecule has 0 aromatic heterocycles. The van der Waals surface area contributed by atoms with Gasteiger partial charge in [-0.05, 0) is 52.8 Å². The van der Waals surface area contributed by atoms with Crippen molar-refractivity contribution in [2.24, 2.45) is 9.98 Å². The van der Waals surface area contributed by atoms with E-state index in [2.05, 4.69) is 78.4 Å². The summed E-state index contributed by atoms with van der Waals surface area (Å²) in [7, 11) is 0. The van der Waals surface area contributed by atoms with E-state index in [0.717, 1.165) is 34.2 Å². The van der Waals surface area contributed by atoms with Gasteiger partial charge in [0.2, 0.25) is 0 Å². The minimum atomic E-state index is -0.156. The summed E-state index contributed by atoms with van der Waals surface area (Å²) in [6, 6.07) is 8.16. The first-order valence-electron chi connectivity index (χ1n) is 12.2. The molecule has 2 aromatic rings. The van der Waals surface area contributed by atoms with Gasteiger partial charge in [0.05, 0.1) is 0 Å². The first kappa shape index (κ1) is 33.9. The zero-order chi connectivity index (χ0) is 25.9. The minimum Gasteiger partial charge on any atom is -0.507 e. The average molecular weight is 539 g/mol. The Labute approximate surface area is 230 Å². The van der Waals surface area contributed by atoms with Gasteiger partial charge in [-0.15, -0.1) is 0 Å². The van der Waals surface area contributed by atoms with Crippen LogP contribution in [0.4, 0.5) is 0 Å². The van der Waals surface area contributed by atoms with Crippen LogP contribution in [0.25, 0.3) is 0 Å². The topological polar surface area (TPSA) is 65.2 Å². The molecule has 203 valence electrons. The van der Waals surface area contributed by atoms with E-state index >= 15 is 0 Å². The number of benzene rings is 2. The first-order chi connectivity index (χ1) is 15.5. The van der Waals surface area contributed by atoms with Crippen molar-refractivity contribution in [1.29, 1.82) is 0 Å². The Hall–Kier alpha value is -2.11. The predicted octanol–water partition coefficient (Wildman–Crippen LogP) is 7.67. The van der Waals surface area contributed by atoms with Crippen LogP contribution in [0.5, 0.6) is 11.5 Å². The SMILES string of the molecule is Cc1cc(C=NCCCN=Cc2cc(C(C)(C)C)cc(C(C)(C)C)c2O)c(O)c(C(C)(C)C)c1.[CH3-].[Co]. The van der Waals surface area contributed by atoms with Crippen molar-refractivity contribution in [3.8, 4) is 11.5 Å². The van der Waals surface area contributed by atoms with Gasteiger partial charge in [-0.1, -0.05) is 74.4 Å². The summed E-state index contributed by atoms with van der Waals surface area (Å²) in [6.45, 7) is 22.5. The zero-order valence-corrected chi connectivity index (χ0v) is 25.2. The summed E-state index contributed by atoms with van der Waals surface area (Å²) in [5.41, 5.74) is 5.40. The fourth-order valence-corrected chi connectivity index (χ4v) is 3.82. The molecule has 0 saturated carbocycles. The van der Waals surface area contributed by atoms with Gasteiger partial charge < -0.3 is 17.6 Å². The average Bonchev–Trinajstić information content (AvgIpc) is 2.67. The molecule has 2 rings (SSSR count). The van der Waals surface area contributed by atoms with Crippen LogP contribution in [-0.2, 0) is 33.0 Å². The number of hydrogen-bond acceptors (Lipinski definition) is 4. The molecule has 2 N–H and O–H groups in total. The van der Waals surface area contributed by atoms with E-state index in [1.165, 1.54) is 5.56 Å². The maximum Gasteiger partial charge on any atom is 0.128 e. The third-order valence-corrected chi connectivity index (χ3v) is 5.94. The Morgan fingerprint density at radius 2 is 1.08 bits per heavy atom. The van der Waals surface area contributed by atoms with Crippen molar-refractivity contribution in [1.82, 2.24) is 0 Å². The Balaban J connectivity index is 0.00000612. The van der Waals surface area contributed by atoms with Crippen molar-refractivity contribution in [2.75, 3.05) is 13.1 Å². The van der Waals surface area contributed by atoms with Crippen molar-refractivity contribution in [3.05, 3.63) is 65.1 Å². The molecule has 0 aliphatic carbocycles. The van der Waals surface area contributed by atoms with E-state index in [0.29, 0.717) is 24.6 Å². The third kappa shape index (κ3) is 9.08. The number of phenols is 2. The Bertz CT molecular complexity index is 1070. The van der Waals surface area contributed by atoms with Crippen LogP contribution in [0.3, 0.4) is 0 Å². The van der Waals surface area contributed by atoms with E-state index in [4.69, 9.17) is 0 Å². The van der Waals surface area contributed by atoms with E-state index in [-0.39, 0.29) is 40.5 Å². The van der Waals surface area contributed by atoms with Crippen molar-refractivity contribution in [3.63, 3.8) is 0 Å². The van der Waals surface area contributed by atoms with E-state index in [1.54, 1.807) is 12.4 Å². The van der Waals surface area contributed by atoms with Gasteiger partial charge >= 0.3 is 0 Å². The molecule has 1 radical (unpaired) electrons. The van der Waals surface area contributed by atoms with Crippen LogP contribution in [0, 0.1) is 14.4 Å². The summed E-state index contributed by atoms with van der Waals surface area (Å²) in [6.07, 6.45) is 4.33. The van der Waals surface area contributed by atoms with Gasteiger partial charge in [0.25, 0.3) is 0 Å². The standard InChI is InChI=1S/C30H44N2O2.CH3.Co/c1-20-14-21(26(33)24(15-20)29(5,6)7)18-31-12-11-13-32-19-22-16-23(28(2,3)4)17-25(27(22)34)30(8,9)10;;/h14-19,33-34H,11-13H2,1-10H3;1H3;/q;-1;. The fraction of sp³-hybridized carbons (Fsp3) is 0.516. The molecule has 4 nitrogen and oxygen atoms in total. The van der Waals surface area contributed by atoms with Crippen molar-refractivity contribution < 1.29 is 27.0 Å². The van der Waals surface area contributed by atoms with Crippen molar-refractivity contribution in [2.45, 2.75) is 91.9 Å². The van der Waals surface area contributed by atoms with E-state index < -0.39 is 0 Å². The van der Waals surface area contributed by atoms with Crippen LogP contribution < -0.4 is 0 Å². The molecular weight excluding hydrogens is 491 g/mol. The van der Waals surface area contributed by atoms with Gasteiger partial charge in [-0.25, -0.2) is 0 Å². The van der Waals surface area contributed by atoms with Gasteiger partial charge in [0, 0.05) is 64.6 Å². The number of hydrogen-bond donors (Lipinski definition) is 2. The summed E-state index contributed by atoms with van der Waals surface area (Å²) in [4.78, 5) is 9.08. The van der Waals surface area contributed by atoms with Crippen LogP contribution in [-0.4, -0.2) is 35.7 Å². The van der Waals surface area contributed by atoms with Gasteiger partial charge in [0.15, 0.2) is 0 Å². The predicted molar refractivity (Wildman–Crippen MR) is 153 cm³/mol. The quantitative estimate of drug-likeness (QED) is 0.225. The van der Waals surface area contributed by atoms with Gasteiger partial charge in [-0.3, -0.25) is 9.98 Å². The molecule has 0 aliphatic heterocycles. The number of nitrogens with zero attached hydrogens (tertiary/aromatic N) is 2. The molecule has 0 unspecified atom stereocenters. The summed E-state index contributed by atoms with van der Waals surface area (Å²) in [5.74, 6) is 0.621. The summed E-state index contributed by atoms with van der Waals surface area (Å²) < 4.78 is 0. The molecule has 0 heterocycles. The number of phenolic OH excluding ortho intramolecular Hbond substituents is 2. The van der Waals surface area contributed by atoms with Gasteiger partial charge in [-0.2, -0.15) is 0 Å². The second-order valence-electron chi connectivity index (χ2n) is 12.4. The third-order valence-electron chi connectivity index (χ3n) is 5.94. The number of rotatable bonds is 6. The van der Waals surface area contributed by atoms with Crippen LogP contribution >= 0.6 is 0 Å². The molecule has 0 spiro atoms. The monoisotopic (exact) mass is 538 g/mol. The molecule has 2 aromatic carbocycles. The number of aliphatic imine (C=N–C) groups is 2. The Morgan fingerprint density at radius 1 is 0.667 bits per heavy atom. The van der Waals surface area contributed by atoms with Crippen LogP contribution in [0.2, 0.25) is 0 Å². The molecule has 0 bridgehead atoms. The molecule has 0 atom stereocenters. The first-order valence-corrected chi connectivity index (χ1v) is 12.2. The minimum absolute atomic E-state index is 0. The van der Waals surface area contributed by atoms with Crippen LogP contribution in [0.1, 0.15) is 102 Å². The fourth-order valence-electron chi connectivity index (χ4n) is 3.82. The summed E-state index contributed by atoms with van der Waals surface area (Å²) >= 11 is 0. The number of aromatic hydroxyl groups is 2. The molecular formula is C31H47CoN2O2-. The van der Waals surface area contributed by atoms with Crippen molar-refractivity contribution >= 4 is 12.4 Å². The Morgan fingerprint density at radius 3 is 1.50 bits per heavy atom. The van der Waals surface area contributed by atoms with Crippen LogP contribution in [0.15, 0.2) is 34.3 Å². The molecule has 0 amide bonds. The molecule has 36 heavy (non-hydrogen) atoms. The Kier molecular flexibility index (Phi) is 12.2. The smallest absolute Gasteiger partial charge is 0.128 e. The molecule has 0 fully saturated rings. The van der Waals surface area contributed by atoms with E-state index in [9.17, 15) is 10.2 Å². The normalized spacial score (nSPS) is 12.6. The zero-order valence-electron chi connectivity index (χ0n) is 24.2. The van der Waals surface area contributed by atoms with Gasteiger partial charge in [0.1, 0.15) is 11.5 Å². The van der Waals surface area contributed by atoms with E-state index in [1.807, 2.05) is 25.1 Å². The largest absolute Gasteiger partial charge is 0.507 e. The summed E-state index contributed by atoms with van der Waals surface area (Å²) in [5, 5.41) is 21.5. The maximum atomic E-state index is 10.9. The second-order valence-corrected chi connectivity index (χ2v) is 12.4. The maximum absolute atomic E-state index is 10.9. The molecule has 5 heteroatoms.